The third-order valence-corrected chi connectivity index (χ3v) is 2.15. The van der Waals surface area contributed by atoms with Crippen LogP contribution in [-0.2, 0) is 13.6 Å². The average molecular weight is 234 g/mol. The van der Waals surface area contributed by atoms with Crippen LogP contribution in [0.5, 0.6) is 5.88 Å². The van der Waals surface area contributed by atoms with Crippen LogP contribution in [-0.4, -0.2) is 26.9 Å². The number of nitrogens with one attached hydrogen (secondary N) is 1. The summed E-state index contributed by atoms with van der Waals surface area (Å²) >= 11 is 0. The van der Waals surface area contributed by atoms with Crippen LogP contribution in [0.3, 0.4) is 0 Å². The van der Waals surface area contributed by atoms with Gasteiger partial charge in [0.25, 0.3) is 0 Å². The number of nitrogens with two attached hydrogens (primary N) is 1. The highest BCUT2D eigenvalue weighted by Gasteiger charge is 2.03. The summed E-state index contributed by atoms with van der Waals surface area (Å²) < 4.78 is 6.74. The molecular formula is C10H14N6O. The smallest absolute Gasteiger partial charge is 0.225 e. The summed E-state index contributed by atoms with van der Waals surface area (Å²) in [4.78, 5) is 7.94. The Bertz CT molecular complexity index is 509. The molecule has 0 aliphatic carbocycles. The fourth-order valence-corrected chi connectivity index (χ4v) is 1.38. The lowest BCUT2D eigenvalue weighted by atomic mass is 10.4. The second-order valence-corrected chi connectivity index (χ2v) is 3.49. The molecule has 7 heteroatoms. The third-order valence-electron chi connectivity index (χ3n) is 2.15. The summed E-state index contributed by atoms with van der Waals surface area (Å²) in [6.45, 7) is 0.570. The number of methoxy groups -OCH3 is 1. The molecular weight excluding hydrogens is 220 g/mol. The van der Waals surface area contributed by atoms with Crippen molar-refractivity contribution in [1.82, 2.24) is 19.7 Å². The van der Waals surface area contributed by atoms with Gasteiger partial charge in [0.1, 0.15) is 5.82 Å². The second kappa shape index (κ2) is 4.69. The van der Waals surface area contributed by atoms with Crippen LogP contribution < -0.4 is 15.8 Å². The van der Waals surface area contributed by atoms with Gasteiger partial charge in [-0.15, -0.1) is 0 Å². The number of rotatable bonds is 4. The van der Waals surface area contributed by atoms with E-state index in [1.165, 1.54) is 7.11 Å². The maximum atomic E-state index is 5.55. The molecule has 7 nitrogen and oxygen atoms in total. The van der Waals surface area contributed by atoms with E-state index in [-0.39, 0.29) is 5.95 Å². The number of hydrogen-bond acceptors (Lipinski definition) is 6. The number of anilines is 2. The first kappa shape index (κ1) is 11.2. The van der Waals surface area contributed by atoms with Gasteiger partial charge < -0.3 is 15.8 Å². The molecule has 0 radical (unpaired) electrons. The zero-order chi connectivity index (χ0) is 12.3. The van der Waals surface area contributed by atoms with Gasteiger partial charge in [-0.05, 0) is 6.07 Å². The molecule has 17 heavy (non-hydrogen) atoms. The van der Waals surface area contributed by atoms with E-state index in [1.807, 2.05) is 19.3 Å². The molecule has 2 aromatic heterocycles. The van der Waals surface area contributed by atoms with Crippen molar-refractivity contribution < 1.29 is 4.74 Å². The molecule has 3 N–H and O–H groups in total. The van der Waals surface area contributed by atoms with E-state index in [4.69, 9.17) is 10.5 Å². The standard InChI is InChI=1S/C10H14N6O/c1-16-4-3-7(15-16)6-12-8-5-9(17-2)14-10(11)13-8/h3-5H,6H2,1-2H3,(H3,11,12,13,14). The number of aryl methyl sites for hydroxylation is 1. The van der Waals surface area contributed by atoms with Crippen LogP contribution in [0.4, 0.5) is 11.8 Å². The minimum atomic E-state index is 0.174. The van der Waals surface area contributed by atoms with Gasteiger partial charge in [-0.3, -0.25) is 4.68 Å². The Morgan fingerprint density at radius 1 is 1.47 bits per heavy atom. The summed E-state index contributed by atoms with van der Waals surface area (Å²) in [7, 11) is 3.40. The van der Waals surface area contributed by atoms with Crippen molar-refractivity contribution in [3.8, 4) is 5.88 Å². The highest BCUT2D eigenvalue weighted by atomic mass is 16.5. The average Bonchev–Trinajstić information content (AvgIpc) is 2.72. The van der Waals surface area contributed by atoms with E-state index in [2.05, 4.69) is 20.4 Å². The minimum absolute atomic E-state index is 0.174. The predicted octanol–water partition coefficient (Wildman–Crippen LogP) is 0.413. The summed E-state index contributed by atoms with van der Waals surface area (Å²) in [5.41, 5.74) is 6.47. The van der Waals surface area contributed by atoms with Gasteiger partial charge in [0.2, 0.25) is 11.8 Å². The van der Waals surface area contributed by atoms with E-state index < -0.39 is 0 Å². The first-order valence-corrected chi connectivity index (χ1v) is 5.08. The van der Waals surface area contributed by atoms with Gasteiger partial charge in [0, 0.05) is 19.3 Å². The number of ether oxygens (including phenoxy) is 1. The molecule has 0 aromatic carbocycles. The molecule has 0 aliphatic rings. The Labute approximate surface area is 98.6 Å². The Balaban J connectivity index is 2.05. The molecule has 2 rings (SSSR count). The predicted molar refractivity (Wildman–Crippen MR) is 63.5 cm³/mol. The third kappa shape index (κ3) is 2.83. The first-order chi connectivity index (χ1) is 8.17. The summed E-state index contributed by atoms with van der Waals surface area (Å²) in [6.07, 6.45) is 1.88. The van der Waals surface area contributed by atoms with Gasteiger partial charge in [-0.1, -0.05) is 0 Å². The molecule has 0 saturated heterocycles. The van der Waals surface area contributed by atoms with Crippen molar-refractivity contribution >= 4 is 11.8 Å². The Hall–Kier alpha value is -2.31. The van der Waals surface area contributed by atoms with Crippen molar-refractivity contribution in [2.24, 2.45) is 7.05 Å². The zero-order valence-electron chi connectivity index (χ0n) is 9.71. The van der Waals surface area contributed by atoms with Crippen molar-refractivity contribution in [3.63, 3.8) is 0 Å². The van der Waals surface area contributed by atoms with Gasteiger partial charge in [0.15, 0.2) is 0 Å². The normalized spacial score (nSPS) is 10.2. The molecule has 0 unspecified atom stereocenters. The highest BCUT2D eigenvalue weighted by Crippen LogP contribution is 2.14. The molecule has 90 valence electrons. The van der Waals surface area contributed by atoms with E-state index in [0.717, 1.165) is 5.69 Å². The van der Waals surface area contributed by atoms with Gasteiger partial charge in [-0.25, -0.2) is 0 Å². The number of nitrogen functional groups attached to an aromatic ring is 1. The molecule has 0 atom stereocenters. The number of nitrogens with zero attached hydrogens (tertiary/aromatic N) is 4. The van der Waals surface area contributed by atoms with Crippen LogP contribution in [0.1, 0.15) is 5.69 Å². The van der Waals surface area contributed by atoms with Gasteiger partial charge >= 0.3 is 0 Å². The fraction of sp³-hybridized carbons (Fsp3) is 0.300. The lowest BCUT2D eigenvalue weighted by Gasteiger charge is -2.06. The van der Waals surface area contributed by atoms with Crippen LogP contribution in [0, 0.1) is 0 Å². The minimum Gasteiger partial charge on any atom is -0.481 e. The topological polar surface area (TPSA) is 90.9 Å². The molecule has 2 heterocycles. The molecule has 0 bridgehead atoms. The second-order valence-electron chi connectivity index (χ2n) is 3.49. The molecule has 0 aliphatic heterocycles. The van der Waals surface area contributed by atoms with Crippen molar-refractivity contribution in [2.45, 2.75) is 6.54 Å². The molecule has 0 amide bonds. The van der Waals surface area contributed by atoms with E-state index in [1.54, 1.807) is 10.7 Å². The summed E-state index contributed by atoms with van der Waals surface area (Å²) in [5, 5.41) is 7.34. The first-order valence-electron chi connectivity index (χ1n) is 5.08. The fourth-order valence-electron chi connectivity index (χ4n) is 1.38. The Morgan fingerprint density at radius 3 is 2.94 bits per heavy atom. The summed E-state index contributed by atoms with van der Waals surface area (Å²) in [6, 6.07) is 3.61. The van der Waals surface area contributed by atoms with Crippen molar-refractivity contribution in [1.29, 1.82) is 0 Å². The lowest BCUT2D eigenvalue weighted by Crippen LogP contribution is -2.06. The van der Waals surface area contributed by atoms with Crippen LogP contribution >= 0.6 is 0 Å². The lowest BCUT2D eigenvalue weighted by molar-refractivity contribution is 0.398. The van der Waals surface area contributed by atoms with Crippen molar-refractivity contribution in [3.05, 3.63) is 24.0 Å². The van der Waals surface area contributed by atoms with E-state index in [0.29, 0.717) is 18.2 Å². The summed E-state index contributed by atoms with van der Waals surface area (Å²) in [5.74, 6) is 1.22. The van der Waals surface area contributed by atoms with E-state index >= 15 is 0 Å². The van der Waals surface area contributed by atoms with Crippen LogP contribution in [0.2, 0.25) is 0 Å². The Morgan fingerprint density at radius 2 is 2.29 bits per heavy atom. The van der Waals surface area contributed by atoms with Crippen LogP contribution in [0.25, 0.3) is 0 Å². The largest absolute Gasteiger partial charge is 0.481 e. The number of hydrogen-bond donors (Lipinski definition) is 2. The highest BCUT2D eigenvalue weighted by molar-refractivity contribution is 5.42. The molecule has 0 spiro atoms. The SMILES string of the molecule is COc1cc(NCc2ccn(C)n2)nc(N)n1. The van der Waals surface area contributed by atoms with Crippen LogP contribution in [0.15, 0.2) is 18.3 Å². The van der Waals surface area contributed by atoms with Gasteiger partial charge in [-0.2, -0.15) is 15.1 Å². The molecule has 0 saturated carbocycles. The maximum Gasteiger partial charge on any atom is 0.225 e. The quantitative estimate of drug-likeness (QED) is 0.796. The Kier molecular flexibility index (Phi) is 3.08. The monoisotopic (exact) mass is 234 g/mol. The van der Waals surface area contributed by atoms with E-state index in [9.17, 15) is 0 Å². The zero-order valence-corrected chi connectivity index (χ0v) is 9.71. The number of aromatic nitrogens is 4. The van der Waals surface area contributed by atoms with Gasteiger partial charge in [0.05, 0.1) is 19.3 Å². The molecule has 0 fully saturated rings. The molecule has 2 aromatic rings. The van der Waals surface area contributed by atoms with Crippen molar-refractivity contribution in [2.75, 3.05) is 18.2 Å². The maximum absolute atomic E-state index is 5.55.